The second-order valence-electron chi connectivity index (χ2n) is 4.79. The fourth-order valence-electron chi connectivity index (χ4n) is 1.96. The zero-order chi connectivity index (χ0) is 19.3. The predicted molar refractivity (Wildman–Crippen MR) is 95.8 cm³/mol. The van der Waals surface area contributed by atoms with Gasteiger partial charge in [-0.1, -0.05) is 16.5 Å². The first-order valence-corrected chi connectivity index (χ1v) is 8.79. The topological polar surface area (TPSA) is 84.8 Å². The molecule has 0 aliphatic rings. The van der Waals surface area contributed by atoms with Gasteiger partial charge in [0, 0.05) is 18.2 Å². The van der Waals surface area contributed by atoms with Crippen molar-refractivity contribution >= 4 is 50.5 Å². The van der Waals surface area contributed by atoms with Crippen LogP contribution in [0, 0.1) is 0 Å². The summed E-state index contributed by atoms with van der Waals surface area (Å²) in [6.07, 6.45) is 0. The molecule has 26 heavy (non-hydrogen) atoms. The van der Waals surface area contributed by atoms with Gasteiger partial charge in [0.2, 0.25) is 0 Å². The Balaban J connectivity index is 2.43. The monoisotopic (exact) mass is 408 g/mol. The van der Waals surface area contributed by atoms with Crippen molar-refractivity contribution in [2.75, 3.05) is 19.0 Å². The SMILES string of the molecule is CCNC(=O)Nc1nc2cc(OSC(F)(F)F)cc(/C(C)=N/OC)c2s1. The number of alkyl halides is 3. The van der Waals surface area contributed by atoms with Crippen molar-refractivity contribution in [1.29, 1.82) is 0 Å². The van der Waals surface area contributed by atoms with E-state index in [4.69, 9.17) is 9.02 Å². The minimum atomic E-state index is -4.54. The molecule has 0 saturated heterocycles. The van der Waals surface area contributed by atoms with Gasteiger partial charge in [0.1, 0.15) is 12.9 Å². The molecule has 2 amide bonds. The lowest BCUT2D eigenvalue weighted by molar-refractivity contribution is -0.0369. The zero-order valence-electron chi connectivity index (χ0n) is 13.9. The van der Waals surface area contributed by atoms with E-state index in [-0.39, 0.29) is 10.9 Å². The molecule has 1 aromatic heterocycles. The average molecular weight is 408 g/mol. The van der Waals surface area contributed by atoms with Gasteiger partial charge in [0.15, 0.2) is 17.2 Å². The van der Waals surface area contributed by atoms with Gasteiger partial charge in [-0.05, 0) is 19.9 Å². The van der Waals surface area contributed by atoms with Crippen LogP contribution in [0.25, 0.3) is 10.2 Å². The molecule has 0 unspecified atom stereocenters. The van der Waals surface area contributed by atoms with Gasteiger partial charge in [-0.2, -0.15) is 13.2 Å². The number of oxime groups is 1. The van der Waals surface area contributed by atoms with Gasteiger partial charge in [0.05, 0.1) is 15.9 Å². The molecule has 0 bridgehead atoms. The van der Waals surface area contributed by atoms with Gasteiger partial charge < -0.3 is 14.3 Å². The summed E-state index contributed by atoms with van der Waals surface area (Å²) in [6.45, 7) is 3.84. The predicted octanol–water partition coefficient (Wildman–Crippen LogP) is 4.35. The van der Waals surface area contributed by atoms with Crippen LogP contribution in [-0.2, 0) is 4.84 Å². The number of carbonyl (C=O) groups is 1. The average Bonchev–Trinajstić information content (AvgIpc) is 2.93. The number of halogens is 3. The maximum absolute atomic E-state index is 12.4. The Morgan fingerprint density at radius 3 is 2.77 bits per heavy atom. The molecule has 0 radical (unpaired) electrons. The van der Waals surface area contributed by atoms with Crippen molar-refractivity contribution in [2.24, 2.45) is 5.16 Å². The number of benzene rings is 1. The molecule has 12 heteroatoms. The summed E-state index contributed by atoms with van der Waals surface area (Å²) in [5, 5.41) is 9.23. The molecule has 142 valence electrons. The third-order valence-corrected chi connectivity index (χ3v) is 4.36. The summed E-state index contributed by atoms with van der Waals surface area (Å²) in [5.41, 5.74) is -3.27. The minimum absolute atomic E-state index is 0.0460. The molecular weight excluding hydrogens is 393 g/mol. The standard InChI is InChI=1S/C14H15F3N4O3S2/c1-4-18-12(22)20-13-19-10-6-8(24-26-14(15,16)17)5-9(11(10)25-13)7(2)21-23-3/h5-6H,4H2,1-3H3,(H2,18,19,20,22)/b21-7+. The number of carbonyl (C=O) groups excluding carboxylic acids is 1. The first-order chi connectivity index (χ1) is 12.2. The highest BCUT2D eigenvalue weighted by Crippen LogP contribution is 2.37. The number of urea groups is 1. The molecular formula is C14H15F3N4O3S2. The van der Waals surface area contributed by atoms with E-state index in [0.717, 1.165) is 11.3 Å². The van der Waals surface area contributed by atoms with Gasteiger partial charge >= 0.3 is 11.5 Å². The van der Waals surface area contributed by atoms with Crippen LogP contribution in [0.5, 0.6) is 5.75 Å². The number of rotatable bonds is 6. The highest BCUT2D eigenvalue weighted by molar-refractivity contribution is 7.95. The van der Waals surface area contributed by atoms with Crippen molar-refractivity contribution < 1.29 is 27.0 Å². The summed E-state index contributed by atoms with van der Waals surface area (Å²) >= 11 is 0.538. The molecule has 1 aromatic carbocycles. The fraction of sp³-hybridized carbons (Fsp3) is 0.357. The Hall–Kier alpha value is -2.21. The van der Waals surface area contributed by atoms with Crippen LogP contribution in [0.3, 0.4) is 0 Å². The van der Waals surface area contributed by atoms with Gasteiger partial charge in [-0.3, -0.25) is 5.32 Å². The van der Waals surface area contributed by atoms with Crippen molar-refractivity contribution in [3.05, 3.63) is 17.7 Å². The summed E-state index contributed by atoms with van der Waals surface area (Å²) in [7, 11) is 1.36. The first-order valence-electron chi connectivity index (χ1n) is 7.23. The number of anilines is 1. The minimum Gasteiger partial charge on any atom is -0.417 e. The number of nitrogens with one attached hydrogen (secondary N) is 2. The number of aromatic nitrogens is 1. The van der Waals surface area contributed by atoms with Crippen LogP contribution in [0.1, 0.15) is 19.4 Å². The van der Waals surface area contributed by atoms with E-state index in [1.54, 1.807) is 13.8 Å². The molecule has 2 rings (SSSR count). The fourth-order valence-corrected chi connectivity index (χ4v) is 3.25. The summed E-state index contributed by atoms with van der Waals surface area (Å²) < 4.78 is 42.5. The molecule has 2 N–H and O–H groups in total. The Morgan fingerprint density at radius 1 is 1.42 bits per heavy atom. The summed E-state index contributed by atoms with van der Waals surface area (Å²) in [4.78, 5) is 20.6. The lowest BCUT2D eigenvalue weighted by Gasteiger charge is -2.08. The molecule has 0 spiro atoms. The van der Waals surface area contributed by atoms with E-state index >= 15 is 0 Å². The Kier molecular flexibility index (Phi) is 6.53. The maximum Gasteiger partial charge on any atom is 0.479 e. The highest BCUT2D eigenvalue weighted by atomic mass is 32.2. The smallest absolute Gasteiger partial charge is 0.417 e. The highest BCUT2D eigenvalue weighted by Gasteiger charge is 2.31. The van der Waals surface area contributed by atoms with Gasteiger partial charge in [0.25, 0.3) is 0 Å². The molecule has 0 aliphatic heterocycles. The first kappa shape index (κ1) is 20.1. The number of fused-ring (bicyclic) bond motifs is 1. The normalized spacial score (nSPS) is 12.2. The van der Waals surface area contributed by atoms with Crippen LogP contribution < -0.4 is 14.8 Å². The van der Waals surface area contributed by atoms with Crippen molar-refractivity contribution in [2.45, 2.75) is 19.4 Å². The number of hydrogen-bond donors (Lipinski definition) is 2. The Morgan fingerprint density at radius 2 is 2.15 bits per heavy atom. The quantitative estimate of drug-likeness (QED) is 0.422. The lowest BCUT2D eigenvalue weighted by atomic mass is 10.1. The third-order valence-electron chi connectivity index (χ3n) is 2.87. The largest absolute Gasteiger partial charge is 0.479 e. The summed E-state index contributed by atoms with van der Waals surface area (Å²) in [5.74, 6) is -0.0460. The van der Waals surface area contributed by atoms with E-state index in [1.807, 2.05) is 0 Å². The van der Waals surface area contributed by atoms with E-state index in [2.05, 4.69) is 20.8 Å². The summed E-state index contributed by atoms with van der Waals surface area (Å²) in [6, 6.07) is 2.34. The lowest BCUT2D eigenvalue weighted by Crippen LogP contribution is -2.28. The van der Waals surface area contributed by atoms with E-state index in [1.165, 1.54) is 19.2 Å². The van der Waals surface area contributed by atoms with Crippen LogP contribution >= 0.6 is 23.4 Å². The third kappa shape index (κ3) is 5.39. The second kappa shape index (κ2) is 8.45. The van der Waals surface area contributed by atoms with Crippen molar-refractivity contribution in [3.63, 3.8) is 0 Å². The molecule has 7 nitrogen and oxygen atoms in total. The van der Waals surface area contributed by atoms with E-state index < -0.39 is 23.6 Å². The van der Waals surface area contributed by atoms with Gasteiger partial charge in [-0.25, -0.2) is 9.78 Å². The Bertz CT molecular complexity index is 824. The number of nitrogens with zero attached hydrogens (tertiary/aromatic N) is 2. The van der Waals surface area contributed by atoms with Crippen LogP contribution in [0.2, 0.25) is 0 Å². The second-order valence-corrected chi connectivity index (χ2v) is 6.59. The molecule has 0 atom stereocenters. The van der Waals surface area contributed by atoms with Crippen molar-refractivity contribution in [1.82, 2.24) is 10.3 Å². The molecule has 0 saturated carbocycles. The maximum atomic E-state index is 12.4. The van der Waals surface area contributed by atoms with Crippen LogP contribution in [0.15, 0.2) is 17.3 Å². The Labute approximate surface area is 155 Å². The van der Waals surface area contributed by atoms with Gasteiger partial charge in [-0.15, -0.1) is 0 Å². The van der Waals surface area contributed by atoms with Crippen LogP contribution in [0.4, 0.5) is 23.1 Å². The number of hydrogen-bond acceptors (Lipinski definition) is 7. The van der Waals surface area contributed by atoms with Crippen molar-refractivity contribution in [3.8, 4) is 5.75 Å². The number of amides is 2. The zero-order valence-corrected chi connectivity index (χ0v) is 15.6. The number of thiazole rings is 1. The molecule has 2 aromatic rings. The molecule has 0 aliphatic carbocycles. The van der Waals surface area contributed by atoms with E-state index in [9.17, 15) is 18.0 Å². The molecule has 0 fully saturated rings. The van der Waals surface area contributed by atoms with E-state index in [0.29, 0.717) is 28.0 Å². The van der Waals surface area contributed by atoms with Crippen LogP contribution in [-0.4, -0.2) is 35.9 Å². The molecule has 1 heterocycles.